The Labute approximate surface area is 211 Å². The van der Waals surface area contributed by atoms with Gasteiger partial charge in [0.1, 0.15) is 18.4 Å². The van der Waals surface area contributed by atoms with Gasteiger partial charge in [0, 0.05) is 12.0 Å². The molecule has 1 aromatic carbocycles. The highest BCUT2D eigenvalue weighted by Crippen LogP contribution is 2.33. The van der Waals surface area contributed by atoms with Crippen LogP contribution in [-0.2, 0) is 14.3 Å². The van der Waals surface area contributed by atoms with Gasteiger partial charge in [0.05, 0.1) is 29.0 Å². The Hall–Kier alpha value is -3.01. The second-order valence-corrected chi connectivity index (χ2v) is 9.99. The van der Waals surface area contributed by atoms with E-state index >= 15 is 0 Å². The molecule has 1 aliphatic heterocycles. The number of unbranched alkanes of at least 4 members (excludes halogenated alkanes) is 1. The van der Waals surface area contributed by atoms with Crippen molar-refractivity contribution in [2.45, 2.75) is 32.7 Å². The van der Waals surface area contributed by atoms with Crippen molar-refractivity contribution < 1.29 is 19.0 Å². The number of allylic oxidation sites excluding steroid dienone is 1. The van der Waals surface area contributed by atoms with E-state index in [1.54, 1.807) is 18.6 Å². The lowest BCUT2D eigenvalue weighted by atomic mass is 10.0. The van der Waals surface area contributed by atoms with Crippen LogP contribution in [0.1, 0.15) is 43.2 Å². The summed E-state index contributed by atoms with van der Waals surface area (Å²) in [6.45, 7) is 5.02. The highest BCUT2D eigenvalue weighted by Gasteiger charge is 2.34. The number of hydrogen-bond acceptors (Lipinski definition) is 8. The zero-order valence-electron chi connectivity index (χ0n) is 20.0. The van der Waals surface area contributed by atoms with Crippen molar-refractivity contribution in [3.8, 4) is 5.75 Å². The molecular formula is C26H28N2O5S2. The Morgan fingerprint density at radius 2 is 1.97 bits per heavy atom. The normalized spacial score (nSPS) is 15.6. The minimum Gasteiger partial charge on any atom is -0.494 e. The first-order valence-corrected chi connectivity index (χ1v) is 13.2. The molecule has 3 heterocycles. The fraction of sp³-hybridized carbons (Fsp3) is 0.346. The molecule has 184 valence electrons. The van der Waals surface area contributed by atoms with Gasteiger partial charge in [0.25, 0.3) is 5.56 Å². The fourth-order valence-corrected chi connectivity index (χ4v) is 5.61. The summed E-state index contributed by atoms with van der Waals surface area (Å²) >= 11 is 2.80. The number of methoxy groups -OCH3 is 1. The number of thiazole rings is 1. The second-order valence-electron chi connectivity index (χ2n) is 8.00. The van der Waals surface area contributed by atoms with Crippen LogP contribution in [0.2, 0.25) is 0 Å². The van der Waals surface area contributed by atoms with Gasteiger partial charge < -0.3 is 14.2 Å². The number of rotatable bonds is 10. The maximum absolute atomic E-state index is 13.6. The van der Waals surface area contributed by atoms with Crippen LogP contribution in [0.5, 0.6) is 5.75 Å². The topological polar surface area (TPSA) is 79.1 Å². The lowest BCUT2D eigenvalue weighted by Gasteiger charge is -2.23. The summed E-state index contributed by atoms with van der Waals surface area (Å²) in [5.74, 6) is 0.316. The van der Waals surface area contributed by atoms with E-state index < -0.39 is 12.0 Å². The lowest BCUT2D eigenvalue weighted by Crippen LogP contribution is -2.39. The van der Waals surface area contributed by atoms with E-state index in [9.17, 15) is 9.59 Å². The van der Waals surface area contributed by atoms with Gasteiger partial charge >= 0.3 is 5.97 Å². The molecule has 9 heteroatoms. The van der Waals surface area contributed by atoms with Crippen molar-refractivity contribution in [2.24, 2.45) is 4.99 Å². The van der Waals surface area contributed by atoms with E-state index in [1.807, 2.05) is 47.9 Å². The number of thiophene rings is 1. The monoisotopic (exact) mass is 512 g/mol. The Kier molecular flexibility index (Phi) is 8.33. The predicted octanol–water partition coefficient (Wildman–Crippen LogP) is 3.67. The second kappa shape index (κ2) is 11.6. The van der Waals surface area contributed by atoms with E-state index in [2.05, 4.69) is 11.9 Å². The van der Waals surface area contributed by atoms with Gasteiger partial charge in [0.2, 0.25) is 0 Å². The minimum atomic E-state index is -0.585. The Morgan fingerprint density at radius 3 is 2.66 bits per heavy atom. The average molecular weight is 513 g/mol. The molecule has 0 aliphatic carbocycles. The van der Waals surface area contributed by atoms with Crippen molar-refractivity contribution >= 4 is 34.7 Å². The molecule has 0 radical (unpaired) electrons. The molecule has 0 N–H and O–H groups in total. The highest BCUT2D eigenvalue weighted by molar-refractivity contribution is 7.10. The van der Waals surface area contributed by atoms with Gasteiger partial charge in [-0.3, -0.25) is 9.36 Å². The van der Waals surface area contributed by atoms with Crippen LogP contribution in [0.15, 0.2) is 62.8 Å². The molecule has 0 saturated heterocycles. The summed E-state index contributed by atoms with van der Waals surface area (Å²) in [6.07, 6.45) is 3.94. The summed E-state index contributed by atoms with van der Waals surface area (Å²) in [6, 6.07) is 10.9. The third kappa shape index (κ3) is 5.63. The molecule has 0 amide bonds. The van der Waals surface area contributed by atoms with Crippen LogP contribution in [0.4, 0.5) is 0 Å². The first-order valence-electron chi connectivity index (χ1n) is 11.5. The fourth-order valence-electron chi connectivity index (χ4n) is 3.74. The van der Waals surface area contributed by atoms with Gasteiger partial charge in [-0.05, 0) is 48.6 Å². The summed E-state index contributed by atoms with van der Waals surface area (Å²) in [4.78, 5) is 32.6. The van der Waals surface area contributed by atoms with Gasteiger partial charge in [-0.1, -0.05) is 42.9 Å². The van der Waals surface area contributed by atoms with E-state index in [0.717, 1.165) is 29.0 Å². The number of fused-ring (bicyclic) bond motifs is 1. The first-order chi connectivity index (χ1) is 17.0. The Morgan fingerprint density at radius 1 is 1.17 bits per heavy atom. The number of ether oxygens (including phenoxy) is 3. The average Bonchev–Trinajstić information content (AvgIpc) is 3.48. The van der Waals surface area contributed by atoms with E-state index in [0.29, 0.717) is 33.8 Å². The zero-order valence-corrected chi connectivity index (χ0v) is 21.6. The van der Waals surface area contributed by atoms with Gasteiger partial charge in [-0.2, -0.15) is 0 Å². The van der Waals surface area contributed by atoms with Gasteiger partial charge in [0.15, 0.2) is 4.80 Å². The highest BCUT2D eigenvalue weighted by atomic mass is 32.1. The van der Waals surface area contributed by atoms with E-state index in [1.165, 1.54) is 22.7 Å². The molecule has 1 atom stereocenters. The van der Waals surface area contributed by atoms with Crippen molar-refractivity contribution in [3.63, 3.8) is 0 Å². The third-order valence-electron chi connectivity index (χ3n) is 5.52. The lowest BCUT2D eigenvalue weighted by molar-refractivity contribution is -0.140. The first kappa shape index (κ1) is 25.1. The summed E-state index contributed by atoms with van der Waals surface area (Å²) in [7, 11) is 1.55. The Balaban J connectivity index is 1.71. The number of aromatic nitrogens is 1. The molecule has 0 saturated carbocycles. The van der Waals surface area contributed by atoms with Crippen molar-refractivity contribution in [1.82, 2.24) is 4.57 Å². The summed E-state index contributed by atoms with van der Waals surface area (Å²) in [5, 5.41) is 1.93. The molecule has 0 spiro atoms. The molecule has 2 aromatic heterocycles. The smallest absolute Gasteiger partial charge is 0.338 e. The molecule has 0 fully saturated rings. The molecule has 0 unspecified atom stereocenters. The molecule has 35 heavy (non-hydrogen) atoms. The van der Waals surface area contributed by atoms with E-state index in [4.69, 9.17) is 14.2 Å². The quantitative estimate of drug-likeness (QED) is 0.306. The minimum absolute atomic E-state index is 0.131. The number of esters is 1. The number of hydrogen-bond donors (Lipinski definition) is 0. The molecule has 0 bridgehead atoms. The molecule has 3 aromatic rings. The van der Waals surface area contributed by atoms with Crippen LogP contribution in [0.3, 0.4) is 0 Å². The van der Waals surface area contributed by atoms with Crippen LogP contribution in [0.25, 0.3) is 6.08 Å². The standard InChI is InChI=1S/C26H28N2O5S2/c1-4-5-12-32-19-10-8-18(9-11-19)16-21-24(29)28-23(20-7-6-15-34-20)22(17(2)27-26(28)35-21)25(30)33-14-13-31-3/h6-11,15-16,23H,4-5,12-14H2,1-3H3/b21-16+/t23-/m0/s1. The molecule has 4 rings (SSSR count). The van der Waals surface area contributed by atoms with Crippen LogP contribution in [-0.4, -0.2) is 37.5 Å². The van der Waals surface area contributed by atoms with Crippen LogP contribution < -0.4 is 19.6 Å². The van der Waals surface area contributed by atoms with Crippen molar-refractivity contribution in [1.29, 1.82) is 0 Å². The van der Waals surface area contributed by atoms with Crippen molar-refractivity contribution in [3.05, 3.63) is 83.2 Å². The van der Waals surface area contributed by atoms with Crippen LogP contribution in [0, 0.1) is 0 Å². The maximum Gasteiger partial charge on any atom is 0.338 e. The number of benzene rings is 1. The van der Waals surface area contributed by atoms with E-state index in [-0.39, 0.29) is 12.2 Å². The summed E-state index contributed by atoms with van der Waals surface area (Å²) < 4.78 is 18.3. The van der Waals surface area contributed by atoms with Gasteiger partial charge in [-0.25, -0.2) is 9.79 Å². The molecule has 7 nitrogen and oxygen atoms in total. The predicted molar refractivity (Wildman–Crippen MR) is 138 cm³/mol. The number of carbonyl (C=O) groups excluding carboxylic acids is 1. The van der Waals surface area contributed by atoms with Crippen molar-refractivity contribution in [2.75, 3.05) is 26.9 Å². The number of carbonyl (C=O) groups is 1. The van der Waals surface area contributed by atoms with Crippen LogP contribution >= 0.6 is 22.7 Å². The zero-order chi connectivity index (χ0) is 24.8. The third-order valence-corrected chi connectivity index (χ3v) is 7.43. The summed E-state index contributed by atoms with van der Waals surface area (Å²) in [5.41, 5.74) is 1.62. The van der Waals surface area contributed by atoms with Gasteiger partial charge in [-0.15, -0.1) is 11.3 Å². The number of nitrogens with zero attached hydrogens (tertiary/aromatic N) is 2. The molecular weight excluding hydrogens is 484 g/mol. The SMILES string of the molecule is CCCCOc1ccc(/C=c2/sc3n(c2=O)[C@@H](c2cccs2)C(C(=O)OCCOC)=C(C)N=3)cc1. The molecule has 1 aliphatic rings. The largest absolute Gasteiger partial charge is 0.494 e. The Bertz CT molecular complexity index is 1370. The maximum atomic E-state index is 13.6.